The second kappa shape index (κ2) is 5.39. The van der Waals surface area contributed by atoms with Crippen molar-refractivity contribution in [3.8, 4) is 0 Å². The first kappa shape index (κ1) is 14.5. The van der Waals surface area contributed by atoms with Gasteiger partial charge in [0.1, 0.15) is 5.82 Å². The van der Waals surface area contributed by atoms with E-state index < -0.39 is 11.2 Å². The average molecular weight is 293 g/mol. The van der Waals surface area contributed by atoms with Crippen molar-refractivity contribution in [3.05, 3.63) is 35.6 Å². The molecule has 1 amide bonds. The molecule has 1 saturated heterocycles. The molecule has 2 aliphatic rings. The van der Waals surface area contributed by atoms with Crippen LogP contribution in [0.15, 0.2) is 24.3 Å². The third-order valence-electron chi connectivity index (χ3n) is 4.34. The summed E-state index contributed by atoms with van der Waals surface area (Å²) in [6, 6.07) is 6.52. The molecule has 21 heavy (non-hydrogen) atoms. The van der Waals surface area contributed by atoms with E-state index in [4.69, 9.17) is 9.47 Å². The van der Waals surface area contributed by atoms with Gasteiger partial charge < -0.3 is 14.8 Å². The number of amides is 1. The van der Waals surface area contributed by atoms with Crippen LogP contribution >= 0.6 is 0 Å². The van der Waals surface area contributed by atoms with Crippen molar-refractivity contribution in [2.75, 3.05) is 19.8 Å². The molecule has 1 saturated carbocycles. The van der Waals surface area contributed by atoms with Gasteiger partial charge in [0.25, 0.3) is 0 Å². The summed E-state index contributed by atoms with van der Waals surface area (Å²) in [6.45, 7) is 3.51. The van der Waals surface area contributed by atoms with Crippen molar-refractivity contribution in [3.63, 3.8) is 0 Å². The minimum Gasteiger partial charge on any atom is -0.355 e. The number of halogens is 1. The molecule has 0 spiro atoms. The Kier molecular flexibility index (Phi) is 3.71. The van der Waals surface area contributed by atoms with Gasteiger partial charge in [-0.2, -0.15) is 0 Å². The third kappa shape index (κ3) is 2.80. The predicted octanol–water partition coefficient (Wildman–Crippen LogP) is 2.13. The Balaban J connectivity index is 1.59. The van der Waals surface area contributed by atoms with Crippen molar-refractivity contribution >= 4 is 5.91 Å². The maximum absolute atomic E-state index is 13.9. The number of hydrogen-bond acceptors (Lipinski definition) is 3. The molecule has 1 aliphatic heterocycles. The van der Waals surface area contributed by atoms with Gasteiger partial charge in [-0.05, 0) is 25.8 Å². The van der Waals surface area contributed by atoms with Crippen LogP contribution in [0.2, 0.25) is 0 Å². The van der Waals surface area contributed by atoms with Crippen LogP contribution in [0, 0.1) is 5.82 Å². The summed E-state index contributed by atoms with van der Waals surface area (Å²) in [5, 5.41) is 2.90. The zero-order valence-electron chi connectivity index (χ0n) is 12.2. The van der Waals surface area contributed by atoms with Gasteiger partial charge in [0.2, 0.25) is 5.91 Å². The molecule has 0 bridgehead atoms. The number of carbonyl (C=O) groups is 1. The average Bonchev–Trinajstić information content (AvgIpc) is 3.16. The Bertz CT molecular complexity index is 536. The summed E-state index contributed by atoms with van der Waals surface area (Å²) in [7, 11) is 0. The second-order valence-electron chi connectivity index (χ2n) is 5.90. The molecule has 5 heteroatoms. The van der Waals surface area contributed by atoms with Crippen LogP contribution in [-0.2, 0) is 19.7 Å². The summed E-state index contributed by atoms with van der Waals surface area (Å²) in [5.41, 5.74) is -0.175. The third-order valence-corrected chi connectivity index (χ3v) is 4.34. The molecule has 1 heterocycles. The van der Waals surface area contributed by atoms with Crippen LogP contribution in [-0.4, -0.2) is 31.5 Å². The van der Waals surface area contributed by atoms with E-state index in [1.165, 1.54) is 6.07 Å². The number of nitrogens with one attached hydrogen (secondary N) is 1. The molecule has 0 radical (unpaired) electrons. The number of rotatable bonds is 5. The van der Waals surface area contributed by atoms with Gasteiger partial charge in [0.05, 0.1) is 18.6 Å². The number of ether oxygens (including phenoxy) is 2. The fourth-order valence-corrected chi connectivity index (χ4v) is 2.87. The van der Waals surface area contributed by atoms with Crippen LogP contribution in [0.25, 0.3) is 0 Å². The molecule has 0 aromatic heterocycles. The zero-order valence-corrected chi connectivity index (χ0v) is 12.2. The quantitative estimate of drug-likeness (QED) is 0.904. The monoisotopic (exact) mass is 293 g/mol. The first-order chi connectivity index (χ1) is 10.1. The Morgan fingerprint density at radius 1 is 1.29 bits per heavy atom. The highest BCUT2D eigenvalue weighted by molar-refractivity contribution is 5.91. The van der Waals surface area contributed by atoms with E-state index in [0.717, 1.165) is 0 Å². The fourth-order valence-electron chi connectivity index (χ4n) is 2.87. The highest BCUT2D eigenvalue weighted by Gasteiger charge is 2.52. The normalized spacial score (nSPS) is 22.0. The van der Waals surface area contributed by atoms with Gasteiger partial charge in [0.15, 0.2) is 5.79 Å². The van der Waals surface area contributed by atoms with E-state index in [9.17, 15) is 9.18 Å². The van der Waals surface area contributed by atoms with Crippen LogP contribution in [0.3, 0.4) is 0 Å². The van der Waals surface area contributed by atoms with Crippen molar-refractivity contribution in [1.29, 1.82) is 0 Å². The van der Waals surface area contributed by atoms with E-state index in [-0.39, 0.29) is 11.7 Å². The Hall–Kier alpha value is -1.46. The van der Waals surface area contributed by atoms with Crippen molar-refractivity contribution in [1.82, 2.24) is 5.32 Å². The van der Waals surface area contributed by atoms with Crippen LogP contribution in [0.5, 0.6) is 0 Å². The summed E-state index contributed by atoms with van der Waals surface area (Å²) in [4.78, 5) is 12.4. The first-order valence-corrected chi connectivity index (χ1v) is 7.37. The Morgan fingerprint density at radius 3 is 2.57 bits per heavy atom. The summed E-state index contributed by atoms with van der Waals surface area (Å²) < 4.78 is 24.9. The van der Waals surface area contributed by atoms with Gasteiger partial charge in [-0.25, -0.2) is 4.39 Å². The molecule has 4 nitrogen and oxygen atoms in total. The largest absolute Gasteiger partial charge is 0.355 e. The molecule has 3 rings (SSSR count). The van der Waals surface area contributed by atoms with Gasteiger partial charge in [-0.3, -0.25) is 4.79 Å². The fraction of sp³-hybridized carbons (Fsp3) is 0.562. The lowest BCUT2D eigenvalue weighted by Crippen LogP contribution is -2.39. The molecule has 1 aliphatic carbocycles. The minimum atomic E-state index is -0.677. The summed E-state index contributed by atoms with van der Waals surface area (Å²) in [6.07, 6.45) is 1.99. The van der Waals surface area contributed by atoms with Gasteiger partial charge in [-0.15, -0.1) is 0 Å². The first-order valence-electron chi connectivity index (χ1n) is 7.37. The molecule has 1 N–H and O–H groups in total. The van der Waals surface area contributed by atoms with E-state index in [0.29, 0.717) is 44.6 Å². The highest BCUT2D eigenvalue weighted by atomic mass is 19.1. The Morgan fingerprint density at radius 2 is 1.95 bits per heavy atom. The maximum atomic E-state index is 13.9. The molecule has 1 aromatic carbocycles. The van der Waals surface area contributed by atoms with Gasteiger partial charge in [0, 0.05) is 18.5 Å². The van der Waals surface area contributed by atoms with E-state index in [1.54, 1.807) is 18.2 Å². The van der Waals surface area contributed by atoms with E-state index in [2.05, 4.69) is 5.32 Å². The molecular weight excluding hydrogens is 273 g/mol. The van der Waals surface area contributed by atoms with E-state index in [1.807, 2.05) is 6.92 Å². The second-order valence-corrected chi connectivity index (χ2v) is 5.90. The van der Waals surface area contributed by atoms with Crippen molar-refractivity contribution in [2.45, 2.75) is 37.4 Å². The minimum absolute atomic E-state index is 0.103. The lowest BCUT2D eigenvalue weighted by atomic mass is 9.94. The Labute approximate surface area is 123 Å². The molecule has 2 fully saturated rings. The van der Waals surface area contributed by atoms with Crippen molar-refractivity contribution in [2.24, 2.45) is 0 Å². The molecule has 114 valence electrons. The topological polar surface area (TPSA) is 47.6 Å². The molecule has 1 aromatic rings. The van der Waals surface area contributed by atoms with Crippen LogP contribution in [0.4, 0.5) is 4.39 Å². The van der Waals surface area contributed by atoms with Gasteiger partial charge >= 0.3 is 0 Å². The molecular formula is C16H20FNO3. The van der Waals surface area contributed by atoms with Crippen LogP contribution < -0.4 is 5.32 Å². The van der Waals surface area contributed by atoms with E-state index >= 15 is 0 Å². The standard InChI is InChI=1S/C16H20FNO3/c1-15(20-10-11-21-15)8-9-18-14(19)16(6-7-16)12-4-2-3-5-13(12)17/h2-5H,6-11H2,1H3,(H,18,19). The number of carbonyl (C=O) groups excluding carboxylic acids is 1. The predicted molar refractivity (Wildman–Crippen MR) is 75.2 cm³/mol. The smallest absolute Gasteiger partial charge is 0.230 e. The highest BCUT2D eigenvalue weighted by Crippen LogP contribution is 2.49. The summed E-state index contributed by atoms with van der Waals surface area (Å²) in [5.74, 6) is -1.02. The number of hydrogen-bond donors (Lipinski definition) is 1. The van der Waals surface area contributed by atoms with Crippen molar-refractivity contribution < 1.29 is 18.7 Å². The SMILES string of the molecule is CC1(CCNC(=O)C2(c3ccccc3F)CC2)OCCO1. The lowest BCUT2D eigenvalue weighted by molar-refractivity contribution is -0.146. The molecule has 0 atom stereocenters. The maximum Gasteiger partial charge on any atom is 0.230 e. The molecule has 0 unspecified atom stereocenters. The number of benzene rings is 1. The van der Waals surface area contributed by atoms with Crippen LogP contribution in [0.1, 0.15) is 31.7 Å². The lowest BCUT2D eigenvalue weighted by Gasteiger charge is -2.23. The summed E-state index contributed by atoms with van der Waals surface area (Å²) >= 11 is 0. The zero-order chi connectivity index (χ0) is 14.9. The van der Waals surface area contributed by atoms with Gasteiger partial charge in [-0.1, -0.05) is 18.2 Å².